The third-order valence-corrected chi connectivity index (χ3v) is 6.67. The van der Waals surface area contributed by atoms with Crippen LogP contribution in [0.4, 0.5) is 0 Å². The van der Waals surface area contributed by atoms with Crippen molar-refractivity contribution in [1.29, 1.82) is 0 Å². The van der Waals surface area contributed by atoms with E-state index >= 15 is 0 Å². The summed E-state index contributed by atoms with van der Waals surface area (Å²) in [6.07, 6.45) is 3.82. The molecule has 0 saturated heterocycles. The highest BCUT2D eigenvalue weighted by Crippen LogP contribution is 2.50. The molecule has 5 nitrogen and oxygen atoms in total. The number of ether oxygens (including phenoxy) is 1. The zero-order chi connectivity index (χ0) is 20.0. The molecule has 2 aliphatic rings. The van der Waals surface area contributed by atoms with Crippen LogP contribution >= 0.6 is 0 Å². The number of benzene rings is 1. The summed E-state index contributed by atoms with van der Waals surface area (Å²) in [5, 5.41) is 22.6. The molecule has 0 aliphatic heterocycles. The lowest BCUT2D eigenvalue weighted by Crippen LogP contribution is -2.58. The van der Waals surface area contributed by atoms with E-state index in [9.17, 15) is 19.8 Å². The van der Waals surface area contributed by atoms with Crippen molar-refractivity contribution in [3.8, 4) is 0 Å². The number of rotatable bonds is 3. The number of carbonyl (C=O) groups excluding carboxylic acids is 2. The quantitative estimate of drug-likeness (QED) is 0.794. The largest absolute Gasteiger partial charge is 0.467 e. The summed E-state index contributed by atoms with van der Waals surface area (Å²) in [7, 11) is 1.15. The Bertz CT molecular complexity index is 741. The minimum absolute atomic E-state index is 0.0585. The number of hydrogen-bond donors (Lipinski definition) is 2. The van der Waals surface area contributed by atoms with E-state index in [2.05, 4.69) is 20.8 Å². The molecule has 0 radical (unpaired) electrons. The van der Waals surface area contributed by atoms with Gasteiger partial charge in [-0.15, -0.1) is 0 Å². The summed E-state index contributed by atoms with van der Waals surface area (Å²) in [5.41, 5.74) is -4.00. The Balaban J connectivity index is 1.90. The Morgan fingerprint density at radius 1 is 1.15 bits per heavy atom. The number of aliphatic hydroxyl groups is 2. The van der Waals surface area contributed by atoms with Crippen LogP contribution in [0.5, 0.6) is 0 Å². The Labute approximate surface area is 160 Å². The van der Waals surface area contributed by atoms with Crippen molar-refractivity contribution in [3.05, 3.63) is 35.4 Å². The van der Waals surface area contributed by atoms with Gasteiger partial charge in [-0.25, -0.2) is 4.79 Å². The van der Waals surface area contributed by atoms with Crippen LogP contribution in [0.15, 0.2) is 24.3 Å². The molecule has 1 fully saturated rings. The van der Waals surface area contributed by atoms with Gasteiger partial charge in [-0.05, 0) is 36.5 Å². The van der Waals surface area contributed by atoms with Crippen LogP contribution in [-0.2, 0) is 15.1 Å². The van der Waals surface area contributed by atoms with E-state index in [1.165, 1.54) is 6.07 Å². The molecular weight excluding hydrogens is 344 g/mol. The fraction of sp³-hybridized carbons (Fsp3) is 0.636. The summed E-state index contributed by atoms with van der Waals surface area (Å²) >= 11 is 0. The number of carbonyl (C=O) groups is 2. The van der Waals surface area contributed by atoms with Crippen molar-refractivity contribution in [2.75, 3.05) is 7.11 Å². The molecule has 0 amide bonds. The van der Waals surface area contributed by atoms with E-state index in [-0.39, 0.29) is 28.9 Å². The molecule has 148 valence electrons. The molecule has 0 aromatic heterocycles. The molecule has 1 aromatic rings. The van der Waals surface area contributed by atoms with Gasteiger partial charge in [0.1, 0.15) is 0 Å². The monoisotopic (exact) mass is 374 g/mol. The van der Waals surface area contributed by atoms with E-state index < -0.39 is 23.0 Å². The van der Waals surface area contributed by atoms with Crippen LogP contribution < -0.4 is 0 Å². The summed E-state index contributed by atoms with van der Waals surface area (Å²) in [4.78, 5) is 25.5. The van der Waals surface area contributed by atoms with Crippen molar-refractivity contribution in [1.82, 2.24) is 0 Å². The van der Waals surface area contributed by atoms with Gasteiger partial charge < -0.3 is 14.9 Å². The van der Waals surface area contributed by atoms with Crippen molar-refractivity contribution >= 4 is 11.8 Å². The maximum Gasteiger partial charge on any atom is 0.346 e. The predicted octanol–water partition coefficient (Wildman–Crippen LogP) is 3.22. The first-order chi connectivity index (χ1) is 12.6. The molecule has 2 N–H and O–H groups in total. The van der Waals surface area contributed by atoms with Crippen LogP contribution in [0.25, 0.3) is 0 Å². The highest BCUT2D eigenvalue weighted by molar-refractivity contribution is 6.13. The lowest BCUT2D eigenvalue weighted by atomic mass is 9.66. The van der Waals surface area contributed by atoms with Gasteiger partial charge in [0.05, 0.1) is 7.11 Å². The van der Waals surface area contributed by atoms with E-state index in [1.54, 1.807) is 18.2 Å². The molecule has 1 saturated carbocycles. The SMILES string of the molecule is COC(=O)[C@@]1(O)c2ccccc2C(=O)[C@]1(O)CC1CCC(C(C)(C)C)CC1. The Hall–Kier alpha value is -1.72. The highest BCUT2D eigenvalue weighted by Gasteiger charge is 2.67. The zero-order valence-electron chi connectivity index (χ0n) is 16.6. The number of Topliss-reactive ketones (excluding diaryl/α,β-unsaturated/α-hetero) is 1. The zero-order valence-corrected chi connectivity index (χ0v) is 16.6. The molecule has 27 heavy (non-hydrogen) atoms. The second-order valence-electron chi connectivity index (χ2n) is 9.22. The Morgan fingerprint density at radius 3 is 2.30 bits per heavy atom. The number of hydrogen-bond acceptors (Lipinski definition) is 5. The van der Waals surface area contributed by atoms with Gasteiger partial charge in [0, 0.05) is 11.1 Å². The normalized spacial score (nSPS) is 33.6. The Morgan fingerprint density at radius 2 is 1.74 bits per heavy atom. The minimum atomic E-state index is -2.36. The molecular formula is C22H30O5. The fourth-order valence-electron chi connectivity index (χ4n) is 4.92. The van der Waals surface area contributed by atoms with Gasteiger partial charge in [0.25, 0.3) is 0 Å². The third kappa shape index (κ3) is 3.01. The van der Waals surface area contributed by atoms with Gasteiger partial charge >= 0.3 is 5.97 Å². The van der Waals surface area contributed by atoms with Crippen LogP contribution in [0.2, 0.25) is 0 Å². The topological polar surface area (TPSA) is 83.8 Å². The number of esters is 1. The second kappa shape index (κ2) is 6.71. The van der Waals surface area contributed by atoms with Gasteiger partial charge in [-0.1, -0.05) is 57.9 Å². The smallest absolute Gasteiger partial charge is 0.346 e. The highest BCUT2D eigenvalue weighted by atomic mass is 16.5. The molecule has 2 aliphatic carbocycles. The molecule has 0 spiro atoms. The van der Waals surface area contributed by atoms with Crippen molar-refractivity contribution in [2.45, 2.75) is 64.1 Å². The fourth-order valence-corrected chi connectivity index (χ4v) is 4.92. The van der Waals surface area contributed by atoms with Gasteiger partial charge in [-0.2, -0.15) is 0 Å². The van der Waals surface area contributed by atoms with Crippen LogP contribution in [-0.4, -0.2) is 34.7 Å². The molecule has 0 heterocycles. The average molecular weight is 374 g/mol. The first kappa shape index (κ1) is 20.0. The molecule has 3 rings (SSSR count). The van der Waals surface area contributed by atoms with Crippen LogP contribution in [0.3, 0.4) is 0 Å². The summed E-state index contributed by atoms with van der Waals surface area (Å²) in [6, 6.07) is 6.35. The molecule has 0 unspecified atom stereocenters. The third-order valence-electron chi connectivity index (χ3n) is 6.67. The molecule has 5 heteroatoms. The molecule has 0 bridgehead atoms. The molecule has 1 aromatic carbocycles. The second-order valence-corrected chi connectivity index (χ2v) is 9.22. The van der Waals surface area contributed by atoms with Gasteiger partial charge in [0.15, 0.2) is 11.4 Å². The first-order valence-electron chi connectivity index (χ1n) is 9.73. The van der Waals surface area contributed by atoms with Crippen molar-refractivity contribution in [2.24, 2.45) is 17.3 Å². The van der Waals surface area contributed by atoms with E-state index in [0.29, 0.717) is 5.92 Å². The first-order valence-corrected chi connectivity index (χ1v) is 9.73. The van der Waals surface area contributed by atoms with Crippen molar-refractivity contribution < 1.29 is 24.5 Å². The lowest BCUT2D eigenvalue weighted by Gasteiger charge is -2.41. The summed E-state index contributed by atoms with van der Waals surface area (Å²) < 4.78 is 4.79. The van der Waals surface area contributed by atoms with E-state index in [4.69, 9.17) is 4.74 Å². The molecule has 2 atom stereocenters. The van der Waals surface area contributed by atoms with Crippen molar-refractivity contribution in [3.63, 3.8) is 0 Å². The van der Waals surface area contributed by atoms with Crippen LogP contribution in [0, 0.1) is 17.3 Å². The summed E-state index contributed by atoms with van der Waals surface area (Å²) in [5.74, 6) is -0.918. The Kier molecular flexibility index (Phi) is 4.98. The van der Waals surface area contributed by atoms with E-state index in [0.717, 1.165) is 32.8 Å². The standard InChI is InChI=1S/C22H30O5/c1-20(2,3)15-11-9-14(10-12-15)13-21(25)18(23)16-7-5-6-8-17(16)22(21,26)19(24)27-4/h5-8,14-15,25-26H,9-13H2,1-4H3/t14?,15?,21-,22+/m1/s1. The lowest BCUT2D eigenvalue weighted by molar-refractivity contribution is -0.190. The number of fused-ring (bicyclic) bond motifs is 1. The number of ketones is 1. The average Bonchev–Trinajstić information content (AvgIpc) is 2.81. The van der Waals surface area contributed by atoms with Crippen LogP contribution in [0.1, 0.15) is 68.8 Å². The summed E-state index contributed by atoms with van der Waals surface area (Å²) in [6.45, 7) is 6.70. The van der Waals surface area contributed by atoms with E-state index in [1.807, 2.05) is 0 Å². The van der Waals surface area contributed by atoms with Gasteiger partial charge in [-0.3, -0.25) is 4.79 Å². The number of methoxy groups -OCH3 is 1. The maximum absolute atomic E-state index is 13.0. The predicted molar refractivity (Wildman–Crippen MR) is 101 cm³/mol. The minimum Gasteiger partial charge on any atom is -0.467 e. The van der Waals surface area contributed by atoms with Gasteiger partial charge in [0.2, 0.25) is 5.60 Å². The maximum atomic E-state index is 13.0.